The first kappa shape index (κ1) is 17.5. The molecule has 1 aromatic rings. The van der Waals surface area contributed by atoms with E-state index in [9.17, 15) is 9.90 Å². The van der Waals surface area contributed by atoms with Crippen molar-refractivity contribution < 1.29 is 9.90 Å². The molecule has 1 rings (SSSR count). The van der Waals surface area contributed by atoms with E-state index >= 15 is 0 Å². The van der Waals surface area contributed by atoms with Crippen molar-refractivity contribution in [1.29, 1.82) is 0 Å². The van der Waals surface area contributed by atoms with Gasteiger partial charge in [-0.05, 0) is 23.5 Å². The summed E-state index contributed by atoms with van der Waals surface area (Å²) in [5, 5.41) is 10.3. The van der Waals surface area contributed by atoms with E-state index in [-0.39, 0.29) is 17.1 Å². The molecule has 0 bridgehead atoms. The van der Waals surface area contributed by atoms with Gasteiger partial charge in [0.25, 0.3) is 0 Å². The Morgan fingerprint density at radius 1 is 1.24 bits per heavy atom. The van der Waals surface area contributed by atoms with E-state index in [2.05, 4.69) is 27.7 Å². The fourth-order valence-electron chi connectivity index (χ4n) is 2.53. The second kappa shape index (κ2) is 7.48. The van der Waals surface area contributed by atoms with E-state index < -0.39 is 5.92 Å². The van der Waals surface area contributed by atoms with Crippen molar-refractivity contribution in [2.75, 3.05) is 0 Å². The van der Waals surface area contributed by atoms with Crippen molar-refractivity contribution >= 4 is 5.91 Å². The number of nitrogens with two attached hydrogens (primary N) is 1. The zero-order valence-electron chi connectivity index (χ0n) is 13.8. The van der Waals surface area contributed by atoms with Crippen molar-refractivity contribution in [3.63, 3.8) is 0 Å². The lowest BCUT2D eigenvalue weighted by molar-refractivity contribution is -0.119. The summed E-state index contributed by atoms with van der Waals surface area (Å²) in [5.74, 6) is -0.567. The van der Waals surface area contributed by atoms with Gasteiger partial charge in [-0.1, -0.05) is 65.5 Å². The van der Waals surface area contributed by atoms with Crippen molar-refractivity contribution in [3.8, 4) is 5.75 Å². The molecule has 1 unspecified atom stereocenters. The van der Waals surface area contributed by atoms with Gasteiger partial charge in [-0.25, -0.2) is 0 Å². The average Bonchev–Trinajstić information content (AvgIpc) is 2.38. The minimum absolute atomic E-state index is 0.0284. The van der Waals surface area contributed by atoms with Crippen LogP contribution in [-0.4, -0.2) is 11.0 Å². The zero-order chi connectivity index (χ0) is 16.0. The number of hydrogen-bond donors (Lipinski definition) is 2. The van der Waals surface area contributed by atoms with Crippen LogP contribution in [0.1, 0.15) is 76.8 Å². The predicted molar refractivity (Wildman–Crippen MR) is 87.5 cm³/mol. The monoisotopic (exact) mass is 291 g/mol. The summed E-state index contributed by atoms with van der Waals surface area (Å²) in [6.07, 6.45) is 5.09. The molecule has 0 heterocycles. The van der Waals surface area contributed by atoms with E-state index in [1.54, 1.807) is 6.07 Å². The van der Waals surface area contributed by atoms with Crippen LogP contribution in [-0.2, 0) is 10.2 Å². The molecule has 1 atom stereocenters. The molecule has 0 saturated carbocycles. The quantitative estimate of drug-likeness (QED) is 0.738. The molecular formula is C18H29NO2. The molecule has 1 aromatic carbocycles. The predicted octanol–water partition coefficient (Wildman–Crippen LogP) is 4.23. The van der Waals surface area contributed by atoms with Crippen LogP contribution in [0.25, 0.3) is 0 Å². The van der Waals surface area contributed by atoms with E-state index in [1.165, 1.54) is 6.42 Å². The molecule has 0 fully saturated rings. The highest BCUT2D eigenvalue weighted by atomic mass is 16.3. The fourth-order valence-corrected chi connectivity index (χ4v) is 2.53. The molecule has 1 amide bonds. The van der Waals surface area contributed by atoms with Crippen LogP contribution in [0, 0.1) is 0 Å². The van der Waals surface area contributed by atoms with Gasteiger partial charge in [0.05, 0.1) is 5.92 Å². The molecule has 0 aliphatic carbocycles. The third-order valence-electron chi connectivity index (χ3n) is 3.96. The highest BCUT2D eigenvalue weighted by molar-refractivity contribution is 5.82. The maximum absolute atomic E-state index is 11.7. The topological polar surface area (TPSA) is 63.3 Å². The number of phenolic OH excluding ortho intramolecular Hbond substituents is 1. The number of carbonyl (C=O) groups is 1. The SMILES string of the molecule is CCCCCCC(C(N)=O)c1ccc(C(C)(C)C)cc1O. The van der Waals surface area contributed by atoms with Gasteiger partial charge in [0.1, 0.15) is 5.75 Å². The molecular weight excluding hydrogens is 262 g/mol. The molecule has 0 spiro atoms. The number of rotatable bonds is 7. The summed E-state index contributed by atoms with van der Waals surface area (Å²) in [4.78, 5) is 11.7. The summed E-state index contributed by atoms with van der Waals surface area (Å²) < 4.78 is 0. The number of carbonyl (C=O) groups excluding carboxylic acids is 1. The number of unbranched alkanes of at least 4 members (excludes halogenated alkanes) is 3. The van der Waals surface area contributed by atoms with E-state index in [0.717, 1.165) is 24.8 Å². The highest BCUT2D eigenvalue weighted by Crippen LogP contribution is 2.33. The van der Waals surface area contributed by atoms with Gasteiger partial charge >= 0.3 is 0 Å². The molecule has 0 radical (unpaired) electrons. The summed E-state index contributed by atoms with van der Waals surface area (Å²) in [5.41, 5.74) is 7.21. The number of benzene rings is 1. The minimum atomic E-state index is -0.393. The Balaban J connectivity index is 2.91. The number of phenols is 1. The van der Waals surface area contributed by atoms with Crippen molar-refractivity contribution in [2.24, 2.45) is 5.73 Å². The summed E-state index contributed by atoms with van der Waals surface area (Å²) >= 11 is 0. The first-order valence-electron chi connectivity index (χ1n) is 7.90. The lowest BCUT2D eigenvalue weighted by atomic mass is 9.84. The summed E-state index contributed by atoms with van der Waals surface area (Å²) in [7, 11) is 0. The third-order valence-corrected chi connectivity index (χ3v) is 3.96. The largest absolute Gasteiger partial charge is 0.508 e. The molecule has 0 aromatic heterocycles. The molecule has 3 heteroatoms. The van der Waals surface area contributed by atoms with Crippen LogP contribution in [0.5, 0.6) is 5.75 Å². The molecule has 21 heavy (non-hydrogen) atoms. The van der Waals surface area contributed by atoms with Gasteiger partial charge in [-0.3, -0.25) is 4.79 Å². The maximum Gasteiger partial charge on any atom is 0.225 e. The number of primary amides is 1. The second-order valence-corrected chi connectivity index (χ2v) is 6.83. The van der Waals surface area contributed by atoms with E-state index in [0.29, 0.717) is 12.0 Å². The van der Waals surface area contributed by atoms with Gasteiger partial charge in [-0.2, -0.15) is 0 Å². The van der Waals surface area contributed by atoms with Crippen molar-refractivity contribution in [2.45, 2.75) is 71.1 Å². The maximum atomic E-state index is 11.7. The van der Waals surface area contributed by atoms with Gasteiger partial charge < -0.3 is 10.8 Å². The lowest BCUT2D eigenvalue weighted by Crippen LogP contribution is -2.22. The standard InChI is InChI=1S/C18H29NO2/c1-5-6-7-8-9-15(17(19)21)14-11-10-13(12-16(14)20)18(2,3)4/h10-12,15,20H,5-9H2,1-4H3,(H2,19,21). The lowest BCUT2D eigenvalue weighted by Gasteiger charge is -2.22. The van der Waals surface area contributed by atoms with Gasteiger partial charge in [0.2, 0.25) is 5.91 Å². The minimum Gasteiger partial charge on any atom is -0.508 e. The van der Waals surface area contributed by atoms with Gasteiger partial charge in [0, 0.05) is 5.56 Å². The average molecular weight is 291 g/mol. The Morgan fingerprint density at radius 2 is 1.90 bits per heavy atom. The number of amides is 1. The van der Waals surface area contributed by atoms with Crippen LogP contribution < -0.4 is 5.73 Å². The molecule has 0 aliphatic heterocycles. The molecule has 0 aliphatic rings. The Hall–Kier alpha value is -1.51. The third kappa shape index (κ3) is 5.07. The van der Waals surface area contributed by atoms with E-state index in [1.807, 2.05) is 12.1 Å². The molecule has 118 valence electrons. The Bertz CT molecular complexity index is 475. The van der Waals surface area contributed by atoms with Crippen molar-refractivity contribution in [1.82, 2.24) is 0 Å². The first-order valence-corrected chi connectivity index (χ1v) is 7.90. The molecule has 0 saturated heterocycles. The van der Waals surface area contributed by atoms with Crippen LogP contribution in [0.2, 0.25) is 0 Å². The fraction of sp³-hybridized carbons (Fsp3) is 0.611. The number of aromatic hydroxyl groups is 1. The Morgan fingerprint density at radius 3 is 2.38 bits per heavy atom. The second-order valence-electron chi connectivity index (χ2n) is 6.83. The summed E-state index contributed by atoms with van der Waals surface area (Å²) in [6.45, 7) is 8.44. The smallest absolute Gasteiger partial charge is 0.225 e. The highest BCUT2D eigenvalue weighted by Gasteiger charge is 2.22. The van der Waals surface area contributed by atoms with Crippen LogP contribution in [0.15, 0.2) is 18.2 Å². The molecule has 3 nitrogen and oxygen atoms in total. The van der Waals surface area contributed by atoms with Crippen LogP contribution in [0.4, 0.5) is 0 Å². The number of hydrogen-bond acceptors (Lipinski definition) is 2. The summed E-state index contributed by atoms with van der Waals surface area (Å²) in [6, 6.07) is 5.60. The normalized spacial score (nSPS) is 13.1. The zero-order valence-corrected chi connectivity index (χ0v) is 13.8. The Labute approximate surface area is 128 Å². The Kier molecular flexibility index (Phi) is 6.25. The van der Waals surface area contributed by atoms with Gasteiger partial charge in [-0.15, -0.1) is 0 Å². The molecule has 3 N–H and O–H groups in total. The van der Waals surface area contributed by atoms with E-state index in [4.69, 9.17) is 5.73 Å². The van der Waals surface area contributed by atoms with Crippen LogP contribution >= 0.6 is 0 Å². The van der Waals surface area contributed by atoms with Gasteiger partial charge in [0.15, 0.2) is 0 Å². The first-order chi connectivity index (χ1) is 9.77. The van der Waals surface area contributed by atoms with Crippen molar-refractivity contribution in [3.05, 3.63) is 29.3 Å². The van der Waals surface area contributed by atoms with Crippen LogP contribution in [0.3, 0.4) is 0 Å².